The fourth-order valence-electron chi connectivity index (χ4n) is 2.29. The molecule has 1 N–H and O–H groups in total. The minimum Gasteiger partial charge on any atom is -0.497 e. The second kappa shape index (κ2) is 4.96. The van der Waals surface area contributed by atoms with Crippen LogP contribution in [0.4, 0.5) is 0 Å². The normalized spacial score (nSPS) is 14.2. The summed E-state index contributed by atoms with van der Waals surface area (Å²) in [4.78, 5) is 11.2. The number of aromatic carboxylic acids is 1. The van der Waals surface area contributed by atoms with Crippen molar-refractivity contribution in [3.63, 3.8) is 0 Å². The molecule has 0 amide bonds. The van der Waals surface area contributed by atoms with Gasteiger partial charge in [0.1, 0.15) is 5.75 Å². The summed E-state index contributed by atoms with van der Waals surface area (Å²) in [6.07, 6.45) is 2.01. The monoisotopic (exact) mass is 273 g/mol. The van der Waals surface area contributed by atoms with Crippen molar-refractivity contribution >= 4 is 5.97 Å². The maximum absolute atomic E-state index is 11.2. The first-order valence-electron chi connectivity index (χ1n) is 6.48. The number of benzene rings is 1. The van der Waals surface area contributed by atoms with Crippen molar-refractivity contribution < 1.29 is 14.6 Å². The molecule has 1 aromatic heterocycles. The lowest BCUT2D eigenvalue weighted by atomic mass is 10.2. The third kappa shape index (κ3) is 2.36. The SMILES string of the molecule is COc1cccc(Cn2nnc(C(=O)O)c2C2CC2)c1. The molecular weight excluding hydrogens is 258 g/mol. The summed E-state index contributed by atoms with van der Waals surface area (Å²) in [6.45, 7) is 0.503. The van der Waals surface area contributed by atoms with Crippen LogP contribution in [0.5, 0.6) is 5.75 Å². The average molecular weight is 273 g/mol. The van der Waals surface area contributed by atoms with E-state index in [-0.39, 0.29) is 11.6 Å². The molecule has 1 heterocycles. The molecule has 0 spiro atoms. The van der Waals surface area contributed by atoms with Crippen molar-refractivity contribution in [2.75, 3.05) is 7.11 Å². The standard InChI is InChI=1S/C14H15N3O3/c1-20-11-4-2-3-9(7-11)8-17-13(10-5-6-10)12(14(18)19)15-16-17/h2-4,7,10H,5-6,8H2,1H3,(H,18,19). The van der Waals surface area contributed by atoms with Crippen LogP contribution in [-0.4, -0.2) is 33.2 Å². The first-order valence-corrected chi connectivity index (χ1v) is 6.48. The highest BCUT2D eigenvalue weighted by molar-refractivity contribution is 5.86. The molecule has 1 aromatic carbocycles. The topological polar surface area (TPSA) is 77.2 Å². The predicted octanol–water partition coefficient (Wildman–Crippen LogP) is 1.91. The molecule has 2 aromatic rings. The third-order valence-corrected chi connectivity index (χ3v) is 3.41. The van der Waals surface area contributed by atoms with Gasteiger partial charge in [0.15, 0.2) is 5.69 Å². The summed E-state index contributed by atoms with van der Waals surface area (Å²) >= 11 is 0. The second-order valence-electron chi connectivity index (χ2n) is 4.91. The zero-order chi connectivity index (χ0) is 14.1. The molecular formula is C14H15N3O3. The number of carboxylic acid groups (broad SMARTS) is 1. The second-order valence-corrected chi connectivity index (χ2v) is 4.91. The number of hydrogen-bond acceptors (Lipinski definition) is 4. The lowest BCUT2D eigenvalue weighted by Crippen LogP contribution is -2.08. The Morgan fingerprint density at radius 1 is 1.50 bits per heavy atom. The molecule has 1 saturated carbocycles. The van der Waals surface area contributed by atoms with Crippen molar-refractivity contribution in [3.8, 4) is 5.75 Å². The van der Waals surface area contributed by atoms with Gasteiger partial charge in [0.25, 0.3) is 0 Å². The highest BCUT2D eigenvalue weighted by Gasteiger charge is 2.33. The molecule has 0 bridgehead atoms. The van der Waals surface area contributed by atoms with Gasteiger partial charge in [-0.1, -0.05) is 17.3 Å². The first kappa shape index (κ1) is 12.7. The van der Waals surface area contributed by atoms with Gasteiger partial charge in [-0.2, -0.15) is 0 Å². The van der Waals surface area contributed by atoms with Crippen LogP contribution in [-0.2, 0) is 6.54 Å². The van der Waals surface area contributed by atoms with Crippen molar-refractivity contribution in [1.82, 2.24) is 15.0 Å². The van der Waals surface area contributed by atoms with E-state index >= 15 is 0 Å². The number of ether oxygens (including phenoxy) is 1. The van der Waals surface area contributed by atoms with E-state index in [0.717, 1.165) is 29.8 Å². The van der Waals surface area contributed by atoms with Gasteiger partial charge >= 0.3 is 5.97 Å². The average Bonchev–Trinajstić information content (AvgIpc) is 3.20. The molecule has 6 nitrogen and oxygen atoms in total. The molecule has 3 rings (SSSR count). The van der Waals surface area contributed by atoms with Gasteiger partial charge in [0.2, 0.25) is 0 Å². The van der Waals surface area contributed by atoms with Gasteiger partial charge in [-0.3, -0.25) is 0 Å². The van der Waals surface area contributed by atoms with Crippen LogP contribution in [0.15, 0.2) is 24.3 Å². The van der Waals surface area contributed by atoms with Crippen molar-refractivity contribution in [1.29, 1.82) is 0 Å². The minimum atomic E-state index is -1.01. The molecule has 0 atom stereocenters. The van der Waals surface area contributed by atoms with E-state index in [2.05, 4.69) is 10.3 Å². The maximum Gasteiger partial charge on any atom is 0.358 e. The Bertz CT molecular complexity index is 647. The van der Waals surface area contributed by atoms with E-state index in [9.17, 15) is 4.79 Å². The molecule has 0 saturated heterocycles. The smallest absolute Gasteiger partial charge is 0.358 e. The molecule has 20 heavy (non-hydrogen) atoms. The number of hydrogen-bond donors (Lipinski definition) is 1. The van der Waals surface area contributed by atoms with Crippen molar-refractivity contribution in [2.45, 2.75) is 25.3 Å². The van der Waals surface area contributed by atoms with Crippen LogP contribution in [0.1, 0.15) is 40.5 Å². The molecule has 104 valence electrons. The van der Waals surface area contributed by atoms with Gasteiger partial charge < -0.3 is 9.84 Å². The van der Waals surface area contributed by atoms with Crippen LogP contribution in [0.25, 0.3) is 0 Å². The van der Waals surface area contributed by atoms with E-state index in [0.29, 0.717) is 6.54 Å². The Labute approximate surface area is 116 Å². The predicted molar refractivity (Wildman–Crippen MR) is 71.1 cm³/mol. The number of aromatic nitrogens is 3. The number of rotatable bonds is 5. The quantitative estimate of drug-likeness (QED) is 0.900. The molecule has 6 heteroatoms. The van der Waals surface area contributed by atoms with E-state index < -0.39 is 5.97 Å². The minimum absolute atomic E-state index is 0.0791. The Hall–Kier alpha value is -2.37. The summed E-state index contributed by atoms with van der Waals surface area (Å²) < 4.78 is 6.88. The summed E-state index contributed by atoms with van der Waals surface area (Å²) in [6, 6.07) is 7.65. The Kier molecular flexibility index (Phi) is 3.14. The van der Waals surface area contributed by atoms with Crippen LogP contribution < -0.4 is 4.74 Å². The largest absolute Gasteiger partial charge is 0.497 e. The Morgan fingerprint density at radius 2 is 2.30 bits per heavy atom. The summed E-state index contributed by atoms with van der Waals surface area (Å²) in [5.74, 6) is 0.0412. The van der Waals surface area contributed by atoms with Gasteiger partial charge in [-0.15, -0.1) is 5.10 Å². The zero-order valence-corrected chi connectivity index (χ0v) is 11.1. The first-order chi connectivity index (χ1) is 9.69. The summed E-state index contributed by atoms with van der Waals surface area (Å²) in [7, 11) is 1.62. The lowest BCUT2D eigenvalue weighted by Gasteiger charge is -2.07. The fraction of sp³-hybridized carbons (Fsp3) is 0.357. The van der Waals surface area contributed by atoms with Crippen LogP contribution in [0.2, 0.25) is 0 Å². The number of nitrogens with zero attached hydrogens (tertiary/aromatic N) is 3. The lowest BCUT2D eigenvalue weighted by molar-refractivity contribution is 0.0689. The third-order valence-electron chi connectivity index (χ3n) is 3.41. The highest BCUT2D eigenvalue weighted by atomic mass is 16.5. The molecule has 1 aliphatic rings. The van der Waals surface area contributed by atoms with Crippen LogP contribution in [0.3, 0.4) is 0 Å². The number of carbonyl (C=O) groups is 1. The molecule has 0 unspecified atom stereocenters. The fourth-order valence-corrected chi connectivity index (χ4v) is 2.29. The van der Waals surface area contributed by atoms with Crippen LogP contribution in [0, 0.1) is 0 Å². The number of carboxylic acids is 1. The molecule has 1 aliphatic carbocycles. The summed E-state index contributed by atoms with van der Waals surface area (Å²) in [5, 5.41) is 17.0. The zero-order valence-electron chi connectivity index (χ0n) is 11.1. The van der Waals surface area contributed by atoms with E-state index in [1.54, 1.807) is 11.8 Å². The number of methoxy groups -OCH3 is 1. The van der Waals surface area contributed by atoms with E-state index in [1.807, 2.05) is 24.3 Å². The van der Waals surface area contributed by atoms with Gasteiger partial charge in [-0.05, 0) is 30.5 Å². The van der Waals surface area contributed by atoms with Crippen molar-refractivity contribution in [2.24, 2.45) is 0 Å². The molecule has 0 aliphatic heterocycles. The Balaban J connectivity index is 1.92. The highest BCUT2D eigenvalue weighted by Crippen LogP contribution is 2.41. The summed E-state index contributed by atoms with van der Waals surface area (Å²) in [5.41, 5.74) is 1.82. The van der Waals surface area contributed by atoms with Gasteiger partial charge in [-0.25, -0.2) is 9.48 Å². The van der Waals surface area contributed by atoms with E-state index in [4.69, 9.17) is 9.84 Å². The maximum atomic E-state index is 11.2. The van der Waals surface area contributed by atoms with Crippen molar-refractivity contribution in [3.05, 3.63) is 41.2 Å². The molecule has 0 radical (unpaired) electrons. The molecule has 1 fully saturated rings. The van der Waals surface area contributed by atoms with E-state index in [1.165, 1.54) is 0 Å². The Morgan fingerprint density at radius 3 is 2.95 bits per heavy atom. The van der Waals surface area contributed by atoms with Gasteiger partial charge in [0.05, 0.1) is 19.3 Å². The van der Waals surface area contributed by atoms with Gasteiger partial charge in [0, 0.05) is 5.92 Å². The van der Waals surface area contributed by atoms with Crippen LogP contribution >= 0.6 is 0 Å².